The molecule has 1 unspecified atom stereocenters. The van der Waals surface area contributed by atoms with Crippen LogP contribution in [0.15, 0.2) is 0 Å². The third-order valence-electron chi connectivity index (χ3n) is 3.32. The molecule has 0 radical (unpaired) electrons. The first kappa shape index (κ1) is 15.4. The molecular weight excluding hydrogens is 234 g/mol. The Balaban J connectivity index is 2.42. The molecule has 1 saturated heterocycles. The molecule has 0 bridgehead atoms. The number of piperazine rings is 1. The van der Waals surface area contributed by atoms with Gasteiger partial charge in [-0.3, -0.25) is 9.69 Å². The van der Waals surface area contributed by atoms with Crippen LogP contribution in [0.5, 0.6) is 0 Å². The summed E-state index contributed by atoms with van der Waals surface area (Å²) in [5.41, 5.74) is -0.547. The second kappa shape index (κ2) is 7.04. The zero-order valence-corrected chi connectivity index (χ0v) is 11.5. The van der Waals surface area contributed by atoms with Gasteiger partial charge in [0.1, 0.15) is 0 Å². The van der Waals surface area contributed by atoms with Crippen LogP contribution in [-0.4, -0.2) is 74.0 Å². The molecule has 6 nitrogen and oxygen atoms in total. The van der Waals surface area contributed by atoms with Gasteiger partial charge in [-0.1, -0.05) is 0 Å². The Kier molecular flexibility index (Phi) is 6.01. The number of methoxy groups -OCH3 is 1. The van der Waals surface area contributed by atoms with Crippen LogP contribution in [0, 0.1) is 0 Å². The zero-order chi connectivity index (χ0) is 13.6. The van der Waals surface area contributed by atoms with E-state index < -0.39 is 11.6 Å². The molecule has 3 N–H and O–H groups in total. The van der Waals surface area contributed by atoms with E-state index in [2.05, 4.69) is 15.5 Å². The molecule has 0 spiro atoms. The summed E-state index contributed by atoms with van der Waals surface area (Å²) < 4.78 is 4.82. The van der Waals surface area contributed by atoms with Crippen molar-refractivity contribution in [3.63, 3.8) is 0 Å². The van der Waals surface area contributed by atoms with Crippen molar-refractivity contribution >= 4 is 5.91 Å². The van der Waals surface area contributed by atoms with E-state index in [4.69, 9.17) is 4.74 Å². The standard InChI is InChI=1S/C12H25N3O3/c1-12(2,15-6-4-13-5-7-15)11(17)14-8-10(16)9-18-3/h10,13,16H,4-9H2,1-3H3,(H,14,17). The predicted octanol–water partition coefficient (Wildman–Crippen LogP) is -1.21. The maximum absolute atomic E-state index is 12.1. The summed E-state index contributed by atoms with van der Waals surface area (Å²) in [5, 5.41) is 15.5. The number of hydrogen-bond acceptors (Lipinski definition) is 5. The Bertz CT molecular complexity index is 265. The predicted molar refractivity (Wildman–Crippen MR) is 69.4 cm³/mol. The average molecular weight is 259 g/mol. The number of aliphatic hydroxyl groups excluding tert-OH is 1. The van der Waals surface area contributed by atoms with Crippen LogP contribution in [0.1, 0.15) is 13.8 Å². The van der Waals surface area contributed by atoms with E-state index in [-0.39, 0.29) is 19.1 Å². The highest BCUT2D eigenvalue weighted by atomic mass is 16.5. The first-order chi connectivity index (χ1) is 8.48. The van der Waals surface area contributed by atoms with Crippen LogP contribution < -0.4 is 10.6 Å². The van der Waals surface area contributed by atoms with E-state index >= 15 is 0 Å². The fourth-order valence-electron chi connectivity index (χ4n) is 2.05. The average Bonchev–Trinajstić information content (AvgIpc) is 2.37. The summed E-state index contributed by atoms with van der Waals surface area (Å²) >= 11 is 0. The van der Waals surface area contributed by atoms with E-state index in [1.54, 1.807) is 0 Å². The molecule has 0 saturated carbocycles. The molecule has 0 aliphatic carbocycles. The summed E-state index contributed by atoms with van der Waals surface area (Å²) in [6.07, 6.45) is -0.655. The zero-order valence-electron chi connectivity index (χ0n) is 11.5. The van der Waals surface area contributed by atoms with Crippen molar-refractivity contribution in [2.24, 2.45) is 0 Å². The van der Waals surface area contributed by atoms with Gasteiger partial charge in [0.05, 0.1) is 18.2 Å². The topological polar surface area (TPSA) is 73.8 Å². The highest BCUT2D eigenvalue weighted by Gasteiger charge is 2.35. The van der Waals surface area contributed by atoms with Gasteiger partial charge in [-0.2, -0.15) is 0 Å². The maximum Gasteiger partial charge on any atom is 0.240 e. The number of nitrogens with one attached hydrogen (secondary N) is 2. The molecule has 1 aliphatic rings. The normalized spacial score (nSPS) is 19.6. The van der Waals surface area contributed by atoms with Crippen molar-refractivity contribution < 1.29 is 14.6 Å². The number of rotatable bonds is 6. The number of aliphatic hydroxyl groups is 1. The van der Waals surface area contributed by atoms with Crippen LogP contribution in [0.4, 0.5) is 0 Å². The van der Waals surface area contributed by atoms with E-state index in [1.165, 1.54) is 7.11 Å². The molecule has 1 aliphatic heterocycles. The monoisotopic (exact) mass is 259 g/mol. The van der Waals surface area contributed by atoms with Gasteiger partial charge >= 0.3 is 0 Å². The highest BCUT2D eigenvalue weighted by molar-refractivity contribution is 5.85. The third kappa shape index (κ3) is 4.20. The van der Waals surface area contributed by atoms with Crippen molar-refractivity contribution in [3.05, 3.63) is 0 Å². The summed E-state index contributed by atoms with van der Waals surface area (Å²) in [6, 6.07) is 0. The Morgan fingerprint density at radius 2 is 2.11 bits per heavy atom. The Labute approximate surface area is 109 Å². The number of hydrogen-bond donors (Lipinski definition) is 3. The molecule has 0 aromatic heterocycles. The summed E-state index contributed by atoms with van der Waals surface area (Å²) in [7, 11) is 1.52. The van der Waals surface area contributed by atoms with Crippen LogP contribution in [-0.2, 0) is 9.53 Å². The summed E-state index contributed by atoms with van der Waals surface area (Å²) in [4.78, 5) is 14.3. The highest BCUT2D eigenvalue weighted by Crippen LogP contribution is 2.15. The maximum atomic E-state index is 12.1. The molecule has 1 heterocycles. The lowest BCUT2D eigenvalue weighted by Gasteiger charge is -2.39. The van der Waals surface area contributed by atoms with Crippen LogP contribution in [0.25, 0.3) is 0 Å². The Morgan fingerprint density at radius 1 is 1.50 bits per heavy atom. The molecule has 0 aromatic rings. The largest absolute Gasteiger partial charge is 0.389 e. The van der Waals surface area contributed by atoms with E-state index in [0.717, 1.165) is 26.2 Å². The lowest BCUT2D eigenvalue weighted by molar-refractivity contribution is -0.132. The minimum absolute atomic E-state index is 0.0560. The van der Waals surface area contributed by atoms with Gasteiger partial charge in [-0.15, -0.1) is 0 Å². The number of amides is 1. The van der Waals surface area contributed by atoms with E-state index in [1.807, 2.05) is 13.8 Å². The third-order valence-corrected chi connectivity index (χ3v) is 3.32. The second-order valence-corrected chi connectivity index (χ2v) is 5.12. The van der Waals surface area contributed by atoms with Gasteiger partial charge in [-0.25, -0.2) is 0 Å². The fourth-order valence-corrected chi connectivity index (χ4v) is 2.05. The minimum Gasteiger partial charge on any atom is -0.389 e. The molecule has 1 fully saturated rings. The lowest BCUT2D eigenvalue weighted by Crippen LogP contribution is -2.60. The number of ether oxygens (including phenoxy) is 1. The van der Waals surface area contributed by atoms with Crippen LogP contribution in [0.3, 0.4) is 0 Å². The van der Waals surface area contributed by atoms with Crippen molar-refractivity contribution in [1.29, 1.82) is 0 Å². The van der Waals surface area contributed by atoms with E-state index in [9.17, 15) is 9.90 Å². The van der Waals surface area contributed by atoms with Gasteiger partial charge in [0.2, 0.25) is 5.91 Å². The van der Waals surface area contributed by atoms with Crippen molar-refractivity contribution in [3.8, 4) is 0 Å². The second-order valence-electron chi connectivity index (χ2n) is 5.12. The first-order valence-corrected chi connectivity index (χ1v) is 6.39. The molecule has 1 atom stereocenters. The van der Waals surface area contributed by atoms with E-state index in [0.29, 0.717) is 0 Å². The molecule has 6 heteroatoms. The Morgan fingerprint density at radius 3 is 2.67 bits per heavy atom. The molecule has 106 valence electrons. The van der Waals surface area contributed by atoms with Gasteiger partial charge in [0.15, 0.2) is 0 Å². The van der Waals surface area contributed by atoms with Gasteiger partial charge in [0.25, 0.3) is 0 Å². The molecule has 18 heavy (non-hydrogen) atoms. The quantitative estimate of drug-likeness (QED) is 0.558. The summed E-state index contributed by atoms with van der Waals surface area (Å²) in [6.45, 7) is 7.82. The first-order valence-electron chi connectivity index (χ1n) is 6.39. The van der Waals surface area contributed by atoms with Crippen LogP contribution >= 0.6 is 0 Å². The lowest BCUT2D eigenvalue weighted by atomic mass is 10.0. The molecule has 0 aromatic carbocycles. The van der Waals surface area contributed by atoms with Crippen LogP contribution in [0.2, 0.25) is 0 Å². The SMILES string of the molecule is COCC(O)CNC(=O)C(C)(C)N1CCNCC1. The smallest absolute Gasteiger partial charge is 0.240 e. The summed E-state index contributed by atoms with van der Waals surface area (Å²) in [5.74, 6) is -0.0560. The number of carbonyl (C=O) groups excluding carboxylic acids is 1. The number of carbonyl (C=O) groups is 1. The van der Waals surface area contributed by atoms with Gasteiger partial charge in [-0.05, 0) is 13.8 Å². The van der Waals surface area contributed by atoms with Crippen molar-refractivity contribution in [1.82, 2.24) is 15.5 Å². The molecular formula is C12H25N3O3. The molecule has 1 rings (SSSR count). The van der Waals surface area contributed by atoms with Crippen molar-refractivity contribution in [2.45, 2.75) is 25.5 Å². The Hall–Kier alpha value is -0.690. The number of nitrogens with zero attached hydrogens (tertiary/aromatic N) is 1. The van der Waals surface area contributed by atoms with Gasteiger partial charge < -0.3 is 20.5 Å². The van der Waals surface area contributed by atoms with Gasteiger partial charge in [0, 0.05) is 39.8 Å². The minimum atomic E-state index is -0.655. The molecule has 1 amide bonds. The van der Waals surface area contributed by atoms with Crippen molar-refractivity contribution in [2.75, 3.05) is 46.4 Å². The fraction of sp³-hybridized carbons (Fsp3) is 0.917.